The summed E-state index contributed by atoms with van der Waals surface area (Å²) in [5.74, 6) is -0.316. The quantitative estimate of drug-likeness (QED) is 0.631. The zero-order chi connectivity index (χ0) is 22.6. The Balaban J connectivity index is 1.45. The van der Waals surface area contributed by atoms with Gasteiger partial charge in [0.05, 0.1) is 16.5 Å². The molecule has 1 unspecified atom stereocenters. The highest BCUT2D eigenvalue weighted by Gasteiger charge is 2.58. The molecular formula is C20H21ClF3N3O3S. The number of carbonyl (C=O) groups excluding carboxylic acids is 3. The maximum atomic E-state index is 13.1. The molecule has 1 aliphatic carbocycles. The summed E-state index contributed by atoms with van der Waals surface area (Å²) >= 11 is 7.15. The molecule has 2 heterocycles. The fourth-order valence-electron chi connectivity index (χ4n) is 4.39. The van der Waals surface area contributed by atoms with Crippen LogP contribution in [-0.4, -0.2) is 45.3 Å². The molecule has 3 aliphatic rings. The molecule has 0 radical (unpaired) electrons. The first-order valence-corrected chi connectivity index (χ1v) is 11.6. The van der Waals surface area contributed by atoms with Crippen molar-refractivity contribution in [1.29, 1.82) is 0 Å². The van der Waals surface area contributed by atoms with E-state index in [0.717, 1.165) is 18.9 Å². The van der Waals surface area contributed by atoms with Gasteiger partial charge in [-0.15, -0.1) is 11.8 Å². The molecule has 6 nitrogen and oxygen atoms in total. The summed E-state index contributed by atoms with van der Waals surface area (Å²) in [5, 5.41) is 2.43. The van der Waals surface area contributed by atoms with Crippen LogP contribution in [0.3, 0.4) is 0 Å². The highest BCUT2D eigenvalue weighted by molar-refractivity contribution is 7.98. The van der Waals surface area contributed by atoms with Crippen molar-refractivity contribution in [1.82, 2.24) is 15.1 Å². The van der Waals surface area contributed by atoms with Gasteiger partial charge < -0.3 is 10.2 Å². The van der Waals surface area contributed by atoms with E-state index in [0.29, 0.717) is 11.1 Å². The lowest BCUT2D eigenvalue weighted by Gasteiger charge is -2.27. The minimum atomic E-state index is -4.57. The zero-order valence-corrected chi connectivity index (χ0v) is 18.3. The summed E-state index contributed by atoms with van der Waals surface area (Å²) in [6.07, 6.45) is -0.966. The molecule has 31 heavy (non-hydrogen) atoms. The van der Waals surface area contributed by atoms with Gasteiger partial charge in [0.1, 0.15) is 5.54 Å². The van der Waals surface area contributed by atoms with E-state index in [1.165, 1.54) is 27.6 Å². The number of nitrogens with zero attached hydrogens (tertiary/aromatic N) is 2. The molecule has 168 valence electrons. The topological polar surface area (TPSA) is 69.7 Å². The largest absolute Gasteiger partial charge is 0.417 e. The monoisotopic (exact) mass is 475 g/mol. The van der Waals surface area contributed by atoms with E-state index in [2.05, 4.69) is 5.32 Å². The van der Waals surface area contributed by atoms with Gasteiger partial charge in [-0.2, -0.15) is 13.2 Å². The Bertz CT molecular complexity index is 954. The van der Waals surface area contributed by atoms with Crippen molar-refractivity contribution in [3.63, 3.8) is 0 Å². The molecule has 1 atom stereocenters. The van der Waals surface area contributed by atoms with Crippen molar-refractivity contribution in [2.24, 2.45) is 5.92 Å². The lowest BCUT2D eigenvalue weighted by molar-refractivity contribution is -0.137. The lowest BCUT2D eigenvalue weighted by atomic mass is 9.87. The standard InChI is InChI=1S/C20H21ClF3N3O3S/c1-31-10-27-17(29)19(13-2-3-13,25-18(27)30)5-4-16(28)26-8-11-6-14(20(22,23)24)15(21)7-12(11)9-26/h6-7,13H,2-5,8-10H2,1H3,(H,25,30). The van der Waals surface area contributed by atoms with E-state index in [1.54, 1.807) is 6.26 Å². The summed E-state index contributed by atoms with van der Waals surface area (Å²) in [4.78, 5) is 40.8. The number of urea groups is 1. The zero-order valence-electron chi connectivity index (χ0n) is 16.7. The second kappa shape index (κ2) is 7.88. The van der Waals surface area contributed by atoms with E-state index < -0.39 is 23.3 Å². The minimum Gasteiger partial charge on any atom is -0.334 e. The van der Waals surface area contributed by atoms with Crippen molar-refractivity contribution < 1.29 is 27.6 Å². The van der Waals surface area contributed by atoms with Gasteiger partial charge in [-0.25, -0.2) is 4.79 Å². The third-order valence-corrected chi connectivity index (χ3v) is 6.97. The number of amides is 4. The summed E-state index contributed by atoms with van der Waals surface area (Å²) in [7, 11) is 0. The van der Waals surface area contributed by atoms with Gasteiger partial charge in [-0.05, 0) is 54.7 Å². The molecule has 1 saturated heterocycles. The number of hydrogen-bond donors (Lipinski definition) is 1. The smallest absolute Gasteiger partial charge is 0.334 e. The van der Waals surface area contributed by atoms with E-state index in [9.17, 15) is 27.6 Å². The molecule has 2 aliphatic heterocycles. The Morgan fingerprint density at radius 3 is 2.48 bits per heavy atom. The fraction of sp³-hybridized carbons (Fsp3) is 0.550. The third kappa shape index (κ3) is 4.00. The van der Waals surface area contributed by atoms with Crippen LogP contribution in [0.25, 0.3) is 0 Å². The number of hydrogen-bond acceptors (Lipinski definition) is 4. The molecule has 1 aromatic carbocycles. The molecule has 1 N–H and O–H groups in total. The Labute approximate surface area is 186 Å². The average molecular weight is 476 g/mol. The van der Waals surface area contributed by atoms with Crippen molar-refractivity contribution in [3.05, 3.63) is 33.8 Å². The molecule has 11 heteroatoms. The number of halogens is 4. The van der Waals surface area contributed by atoms with Gasteiger partial charge in [0.15, 0.2) is 0 Å². The van der Waals surface area contributed by atoms with E-state index >= 15 is 0 Å². The van der Waals surface area contributed by atoms with Crippen molar-refractivity contribution in [2.45, 2.75) is 50.5 Å². The Hall–Kier alpha value is -1.94. The fourth-order valence-corrected chi connectivity index (χ4v) is 5.18. The number of benzene rings is 1. The Morgan fingerprint density at radius 2 is 1.90 bits per heavy atom. The van der Waals surface area contributed by atoms with E-state index in [4.69, 9.17) is 11.6 Å². The first-order chi connectivity index (χ1) is 14.6. The molecule has 1 aromatic rings. The van der Waals surface area contributed by atoms with Gasteiger partial charge in [0.2, 0.25) is 5.91 Å². The molecule has 4 rings (SSSR count). The van der Waals surface area contributed by atoms with Crippen molar-refractivity contribution in [2.75, 3.05) is 12.1 Å². The third-order valence-electron chi connectivity index (χ3n) is 6.14. The second-order valence-electron chi connectivity index (χ2n) is 8.18. The highest BCUT2D eigenvalue weighted by atomic mass is 35.5. The number of fused-ring (bicyclic) bond motifs is 1. The number of carbonyl (C=O) groups is 3. The number of imide groups is 1. The first-order valence-electron chi connectivity index (χ1n) is 9.86. The summed E-state index contributed by atoms with van der Waals surface area (Å²) < 4.78 is 39.3. The summed E-state index contributed by atoms with van der Waals surface area (Å²) in [5.41, 5.74) is -0.983. The van der Waals surface area contributed by atoms with Gasteiger partial charge in [-0.3, -0.25) is 14.5 Å². The van der Waals surface area contributed by atoms with Crippen LogP contribution in [0.5, 0.6) is 0 Å². The maximum Gasteiger partial charge on any atom is 0.417 e. The Morgan fingerprint density at radius 1 is 1.26 bits per heavy atom. The van der Waals surface area contributed by atoms with E-state index in [-0.39, 0.29) is 54.6 Å². The van der Waals surface area contributed by atoms with Crippen LogP contribution in [0.15, 0.2) is 12.1 Å². The molecular weight excluding hydrogens is 455 g/mol. The Kier molecular flexibility index (Phi) is 5.66. The van der Waals surface area contributed by atoms with Gasteiger partial charge in [0, 0.05) is 19.5 Å². The van der Waals surface area contributed by atoms with Crippen LogP contribution >= 0.6 is 23.4 Å². The van der Waals surface area contributed by atoms with Crippen LogP contribution in [0.2, 0.25) is 5.02 Å². The molecule has 0 spiro atoms. The SMILES string of the molecule is CSCN1C(=O)NC(CCC(=O)N2Cc3cc(Cl)c(C(F)(F)F)cc3C2)(C2CC2)C1=O. The molecule has 0 bridgehead atoms. The predicted octanol–water partition coefficient (Wildman–Crippen LogP) is 4.00. The van der Waals surface area contributed by atoms with Crippen molar-refractivity contribution in [3.8, 4) is 0 Å². The molecule has 4 amide bonds. The predicted molar refractivity (Wildman–Crippen MR) is 109 cm³/mol. The minimum absolute atomic E-state index is 0.00697. The van der Waals surface area contributed by atoms with Crippen LogP contribution in [0, 0.1) is 5.92 Å². The number of alkyl halides is 3. The van der Waals surface area contributed by atoms with Crippen LogP contribution in [-0.2, 0) is 28.9 Å². The van der Waals surface area contributed by atoms with Gasteiger partial charge in [0.25, 0.3) is 5.91 Å². The maximum absolute atomic E-state index is 13.1. The normalized spacial score (nSPS) is 23.4. The van der Waals surface area contributed by atoms with E-state index in [1.807, 2.05) is 0 Å². The van der Waals surface area contributed by atoms with Gasteiger partial charge >= 0.3 is 12.2 Å². The average Bonchev–Trinajstić information content (AvgIpc) is 3.42. The van der Waals surface area contributed by atoms with Gasteiger partial charge in [-0.1, -0.05) is 11.6 Å². The number of thioether (sulfide) groups is 1. The van der Waals surface area contributed by atoms with Crippen LogP contribution < -0.4 is 5.32 Å². The molecule has 2 fully saturated rings. The summed E-state index contributed by atoms with van der Waals surface area (Å²) in [6, 6.07) is 1.82. The van der Waals surface area contributed by atoms with Crippen LogP contribution in [0.1, 0.15) is 42.4 Å². The van der Waals surface area contributed by atoms with Crippen LogP contribution in [0.4, 0.5) is 18.0 Å². The first kappa shape index (κ1) is 22.3. The number of nitrogens with one attached hydrogen (secondary N) is 1. The molecule has 0 aromatic heterocycles. The van der Waals surface area contributed by atoms with Crippen molar-refractivity contribution >= 4 is 41.2 Å². The number of rotatable bonds is 6. The summed E-state index contributed by atoms with van der Waals surface area (Å²) in [6.45, 7) is 0.227. The highest BCUT2D eigenvalue weighted by Crippen LogP contribution is 2.46. The second-order valence-corrected chi connectivity index (χ2v) is 9.42. The molecule has 1 saturated carbocycles. The lowest BCUT2D eigenvalue weighted by Crippen LogP contribution is -2.50.